The van der Waals surface area contributed by atoms with Crippen LogP contribution in [-0.4, -0.2) is 17.6 Å². The van der Waals surface area contributed by atoms with E-state index in [1.54, 1.807) is 0 Å². The highest BCUT2D eigenvalue weighted by atomic mass is 32.1. The van der Waals surface area contributed by atoms with Crippen LogP contribution in [0, 0.1) is 11.3 Å². The van der Waals surface area contributed by atoms with Gasteiger partial charge in [-0.25, -0.2) is 4.79 Å². The van der Waals surface area contributed by atoms with Gasteiger partial charge >= 0.3 is 5.97 Å². The standard InChI is InChI=1S/C64H54N4O3S/c1-2-3-4-5-6-19-40-66-59-38-32-48(46-28-34-55(35-29-46)67(51-20-11-7-12-21-51)52-22-13-8-14-23-52)42-61(59)71-62-43-49(33-39-60(62)66)63-58(44-57(72-63)41-50(45-65)64(69)70)47-30-36-56(37-31-47)68(53-24-15-9-16-25-53)54-26-17-10-18-27-54/h7-18,20-39,41-44H,2-6,19,40H2,1H3,(H,69,70)/b50-41-. The summed E-state index contributed by atoms with van der Waals surface area (Å²) in [5.74, 6) is 0.272. The highest BCUT2D eigenvalue weighted by Gasteiger charge is 2.27. The number of para-hydroxylation sites is 4. The minimum Gasteiger partial charge on any atom is -0.477 e. The molecule has 7 nitrogen and oxygen atoms in total. The zero-order valence-corrected chi connectivity index (χ0v) is 41.0. The molecule has 10 rings (SSSR count). The number of thiophene rings is 1. The van der Waals surface area contributed by atoms with Crippen LogP contribution in [0.15, 0.2) is 218 Å². The third kappa shape index (κ3) is 10.3. The predicted molar refractivity (Wildman–Crippen MR) is 298 cm³/mol. The molecule has 0 saturated carbocycles. The first-order valence-electron chi connectivity index (χ1n) is 24.7. The van der Waals surface area contributed by atoms with Crippen LogP contribution in [0.1, 0.15) is 50.3 Å². The number of nitrogens with zero attached hydrogens (tertiary/aromatic N) is 4. The van der Waals surface area contributed by atoms with Gasteiger partial charge in [-0.05, 0) is 138 Å². The lowest BCUT2D eigenvalue weighted by Gasteiger charge is -2.33. The molecule has 0 atom stereocenters. The predicted octanol–water partition coefficient (Wildman–Crippen LogP) is 18.3. The quantitative estimate of drug-likeness (QED) is 0.0521. The SMILES string of the molecule is CCCCCCCCN1c2ccc(-c3ccc(N(c4ccccc4)c4ccccc4)cc3)cc2Oc2cc(-c3sc(/C=C(/C#N)C(=O)O)cc3-c3ccc(N(c4ccccc4)c4ccccc4)cc3)ccc21. The monoisotopic (exact) mass is 958 g/mol. The maximum atomic E-state index is 12.1. The fourth-order valence-electron chi connectivity index (χ4n) is 9.49. The molecule has 2 heterocycles. The van der Waals surface area contributed by atoms with E-state index in [9.17, 15) is 15.2 Å². The van der Waals surface area contributed by atoms with E-state index in [2.05, 4.69) is 179 Å². The molecule has 0 saturated heterocycles. The molecule has 8 aromatic carbocycles. The first-order chi connectivity index (χ1) is 35.4. The number of benzene rings is 8. The van der Waals surface area contributed by atoms with Crippen molar-refractivity contribution in [3.05, 3.63) is 223 Å². The number of fused-ring (bicyclic) bond motifs is 2. The van der Waals surface area contributed by atoms with Gasteiger partial charge in [-0.1, -0.05) is 148 Å². The topological polar surface area (TPSA) is 80.0 Å². The van der Waals surface area contributed by atoms with Gasteiger partial charge in [0.2, 0.25) is 0 Å². The summed E-state index contributed by atoms with van der Waals surface area (Å²) in [5.41, 5.74) is 13.0. The Hall–Kier alpha value is -8.64. The van der Waals surface area contributed by atoms with Crippen molar-refractivity contribution in [2.75, 3.05) is 21.2 Å². The summed E-state index contributed by atoms with van der Waals surface area (Å²) in [6.45, 7) is 3.10. The Kier molecular flexibility index (Phi) is 14.4. The molecule has 0 spiro atoms. The molecular formula is C64H54N4O3S. The Balaban J connectivity index is 1.01. The molecular weight excluding hydrogens is 905 g/mol. The summed E-state index contributed by atoms with van der Waals surface area (Å²) in [5, 5.41) is 19.6. The van der Waals surface area contributed by atoms with E-state index < -0.39 is 5.97 Å². The Morgan fingerprint density at radius 3 is 1.46 bits per heavy atom. The lowest BCUT2D eigenvalue weighted by Crippen LogP contribution is -2.22. The van der Waals surface area contributed by atoms with Crippen LogP contribution in [0.4, 0.5) is 45.5 Å². The second-order valence-electron chi connectivity index (χ2n) is 17.9. The van der Waals surface area contributed by atoms with E-state index in [0.717, 1.165) is 109 Å². The van der Waals surface area contributed by atoms with Gasteiger partial charge in [0, 0.05) is 56.0 Å². The average molecular weight is 959 g/mol. The third-order valence-corrected chi connectivity index (χ3v) is 14.2. The molecule has 1 aromatic heterocycles. The number of hydrogen-bond donors (Lipinski definition) is 1. The lowest BCUT2D eigenvalue weighted by molar-refractivity contribution is -0.132. The fraction of sp³-hybridized carbons (Fsp3) is 0.125. The molecule has 354 valence electrons. The summed E-state index contributed by atoms with van der Waals surface area (Å²) in [4.78, 5) is 20.6. The van der Waals surface area contributed by atoms with Crippen LogP contribution < -0.4 is 19.4 Å². The summed E-state index contributed by atoms with van der Waals surface area (Å²) in [7, 11) is 0. The first kappa shape index (κ1) is 47.1. The largest absolute Gasteiger partial charge is 0.477 e. The Bertz CT molecular complexity index is 3270. The lowest BCUT2D eigenvalue weighted by atomic mass is 9.99. The van der Waals surface area contributed by atoms with Crippen molar-refractivity contribution in [1.82, 2.24) is 0 Å². The van der Waals surface area contributed by atoms with E-state index in [1.165, 1.54) is 43.1 Å². The number of carbonyl (C=O) groups is 1. The smallest absolute Gasteiger partial charge is 0.346 e. The van der Waals surface area contributed by atoms with Gasteiger partial charge in [0.05, 0.1) is 11.4 Å². The maximum absolute atomic E-state index is 12.1. The highest BCUT2D eigenvalue weighted by Crippen LogP contribution is 2.51. The molecule has 72 heavy (non-hydrogen) atoms. The van der Waals surface area contributed by atoms with Crippen molar-refractivity contribution in [2.24, 2.45) is 0 Å². The van der Waals surface area contributed by atoms with E-state index in [1.807, 2.05) is 60.7 Å². The second-order valence-corrected chi connectivity index (χ2v) is 18.9. The van der Waals surface area contributed by atoms with Crippen molar-refractivity contribution in [3.63, 3.8) is 0 Å². The summed E-state index contributed by atoms with van der Waals surface area (Å²) in [6, 6.07) is 75.4. The maximum Gasteiger partial charge on any atom is 0.346 e. The Labute approximate surface area is 426 Å². The molecule has 9 aromatic rings. The van der Waals surface area contributed by atoms with Crippen LogP contribution in [0.2, 0.25) is 0 Å². The first-order valence-corrected chi connectivity index (χ1v) is 25.5. The van der Waals surface area contributed by atoms with Crippen LogP contribution in [-0.2, 0) is 4.79 Å². The van der Waals surface area contributed by atoms with Crippen LogP contribution >= 0.6 is 11.3 Å². The average Bonchev–Trinajstić information content (AvgIpc) is 3.86. The molecule has 8 heteroatoms. The number of carboxylic acids is 1. The van der Waals surface area contributed by atoms with Gasteiger partial charge in [0.25, 0.3) is 0 Å². The van der Waals surface area contributed by atoms with Gasteiger partial charge in [-0.2, -0.15) is 5.26 Å². The zero-order valence-electron chi connectivity index (χ0n) is 40.2. The minimum atomic E-state index is -1.26. The summed E-state index contributed by atoms with van der Waals surface area (Å²) >= 11 is 1.46. The number of anilines is 8. The number of hydrogen-bond acceptors (Lipinski definition) is 7. The van der Waals surface area contributed by atoms with Crippen LogP contribution in [0.3, 0.4) is 0 Å². The van der Waals surface area contributed by atoms with Gasteiger partial charge in [-0.15, -0.1) is 11.3 Å². The fourth-order valence-corrected chi connectivity index (χ4v) is 10.6. The van der Waals surface area contributed by atoms with Crippen molar-refractivity contribution < 1.29 is 14.6 Å². The molecule has 1 aliphatic rings. The van der Waals surface area contributed by atoms with E-state index >= 15 is 0 Å². The number of ether oxygens (including phenoxy) is 1. The number of aliphatic carboxylic acids is 1. The number of nitriles is 1. The van der Waals surface area contributed by atoms with Crippen molar-refractivity contribution in [1.29, 1.82) is 5.26 Å². The van der Waals surface area contributed by atoms with Gasteiger partial charge in [-0.3, -0.25) is 0 Å². The van der Waals surface area contributed by atoms with E-state index in [0.29, 0.717) is 4.88 Å². The van der Waals surface area contributed by atoms with Gasteiger partial charge < -0.3 is 24.5 Å². The molecule has 0 unspecified atom stereocenters. The number of unbranched alkanes of at least 4 members (excludes halogenated alkanes) is 5. The van der Waals surface area contributed by atoms with E-state index in [-0.39, 0.29) is 5.57 Å². The van der Waals surface area contributed by atoms with Crippen LogP contribution in [0.25, 0.3) is 38.8 Å². The minimum absolute atomic E-state index is 0.322. The van der Waals surface area contributed by atoms with Crippen LogP contribution in [0.5, 0.6) is 11.5 Å². The van der Waals surface area contributed by atoms with Gasteiger partial charge in [0.15, 0.2) is 11.5 Å². The van der Waals surface area contributed by atoms with E-state index in [4.69, 9.17) is 4.74 Å². The highest BCUT2D eigenvalue weighted by molar-refractivity contribution is 7.17. The van der Waals surface area contributed by atoms with Gasteiger partial charge in [0.1, 0.15) is 11.6 Å². The Morgan fingerprint density at radius 2 is 0.972 bits per heavy atom. The zero-order chi connectivity index (χ0) is 49.2. The van der Waals surface area contributed by atoms with Crippen molar-refractivity contribution in [3.8, 4) is 50.3 Å². The molecule has 0 bridgehead atoms. The molecule has 0 radical (unpaired) electrons. The number of carboxylic acid groups (broad SMARTS) is 1. The molecule has 0 amide bonds. The van der Waals surface area contributed by atoms with Crippen molar-refractivity contribution in [2.45, 2.75) is 45.4 Å². The molecule has 0 fully saturated rings. The summed E-state index contributed by atoms with van der Waals surface area (Å²) in [6.07, 6.45) is 8.58. The summed E-state index contributed by atoms with van der Waals surface area (Å²) < 4.78 is 6.98. The Morgan fingerprint density at radius 1 is 0.542 bits per heavy atom. The molecule has 1 aliphatic heterocycles. The normalized spacial score (nSPS) is 11.8. The van der Waals surface area contributed by atoms with Crippen molar-refractivity contribution >= 4 is 68.9 Å². The third-order valence-electron chi connectivity index (χ3n) is 13.1. The molecule has 1 N–H and O–H groups in total. The number of rotatable bonds is 18. The second kappa shape index (κ2) is 22.0. The molecule has 0 aliphatic carbocycles.